The average Bonchev–Trinajstić information content (AvgIpc) is 3.22. The van der Waals surface area contributed by atoms with Crippen molar-refractivity contribution in [2.45, 2.75) is 30.9 Å². The van der Waals surface area contributed by atoms with E-state index in [1.807, 2.05) is 0 Å². The predicted molar refractivity (Wildman–Crippen MR) is 101 cm³/mol. The lowest BCUT2D eigenvalue weighted by Gasteiger charge is -2.21. The van der Waals surface area contributed by atoms with E-state index in [0.29, 0.717) is 11.2 Å². The number of aromatic nitrogens is 4. The van der Waals surface area contributed by atoms with Gasteiger partial charge in [-0.2, -0.15) is 8.42 Å². The van der Waals surface area contributed by atoms with Crippen LogP contribution < -0.4 is 10.8 Å². The first kappa shape index (κ1) is 23.4. The van der Waals surface area contributed by atoms with Crippen molar-refractivity contribution in [2.24, 2.45) is 0 Å². The number of nitrogens with zero attached hydrogens (tertiary/aromatic N) is 4. The van der Waals surface area contributed by atoms with E-state index in [1.54, 1.807) is 5.09 Å². The summed E-state index contributed by atoms with van der Waals surface area (Å²) < 4.78 is 54.5. The Hall–Kier alpha value is -2.24. The van der Waals surface area contributed by atoms with Crippen molar-refractivity contribution >= 4 is 40.8 Å². The van der Waals surface area contributed by atoms with E-state index < -0.39 is 60.7 Å². The molecule has 3 rings (SSSR count). The third-order valence-corrected chi connectivity index (χ3v) is 6.20. The van der Waals surface area contributed by atoms with Crippen LogP contribution >= 0.6 is 7.75 Å². The van der Waals surface area contributed by atoms with Gasteiger partial charge in [-0.3, -0.25) is 18.4 Å². The summed E-state index contributed by atoms with van der Waals surface area (Å²) in [5.74, 6) is -3.02. The van der Waals surface area contributed by atoms with Crippen molar-refractivity contribution in [3.05, 3.63) is 12.7 Å². The number of aliphatic carboxylic acids is 1. The van der Waals surface area contributed by atoms with Crippen molar-refractivity contribution in [2.75, 3.05) is 18.1 Å². The molecule has 31 heavy (non-hydrogen) atoms. The van der Waals surface area contributed by atoms with Gasteiger partial charge in [0.2, 0.25) is 0 Å². The maximum absolute atomic E-state index is 12.1. The molecule has 0 amide bonds. The Morgan fingerprint density at radius 3 is 2.81 bits per heavy atom. The fraction of sp³-hybridized carbons (Fsp3) is 0.538. The van der Waals surface area contributed by atoms with Gasteiger partial charge in [0.25, 0.3) is 10.1 Å². The number of rotatable bonds is 9. The van der Waals surface area contributed by atoms with E-state index in [9.17, 15) is 27.8 Å². The van der Waals surface area contributed by atoms with Gasteiger partial charge in [0.05, 0.1) is 19.0 Å². The number of imidazole rings is 1. The van der Waals surface area contributed by atoms with E-state index in [1.165, 1.54) is 17.2 Å². The predicted octanol–water partition coefficient (Wildman–Crippen LogP) is -1.90. The number of aliphatic hydroxyl groups excluding tert-OH is 1. The molecule has 1 fully saturated rings. The quantitative estimate of drug-likeness (QED) is 0.169. The molecule has 2 aromatic rings. The van der Waals surface area contributed by atoms with Gasteiger partial charge in [-0.05, 0) is 0 Å². The highest BCUT2D eigenvalue weighted by atomic mass is 32.2. The number of ether oxygens (including phenoxy) is 1. The van der Waals surface area contributed by atoms with Crippen LogP contribution in [0.4, 0.5) is 5.82 Å². The number of carboxylic acid groups (broad SMARTS) is 1. The molecule has 18 heteroatoms. The third-order valence-electron chi connectivity index (χ3n) is 4.31. The number of hydrogen-bond donors (Lipinski definition) is 6. The number of carboxylic acids is 1. The summed E-state index contributed by atoms with van der Waals surface area (Å²) in [6, 6.07) is -2.12. The summed E-state index contributed by atoms with van der Waals surface area (Å²) in [6.07, 6.45) is -0.334. The largest absolute Gasteiger partial charge is 0.480 e. The molecule has 3 heterocycles. The number of nitrogen functional groups attached to an aromatic ring is 1. The second kappa shape index (κ2) is 8.71. The van der Waals surface area contributed by atoms with Crippen LogP contribution in [-0.2, 0) is 28.7 Å². The van der Waals surface area contributed by atoms with Gasteiger partial charge in [0, 0.05) is 6.42 Å². The van der Waals surface area contributed by atoms with Crippen molar-refractivity contribution in [1.29, 1.82) is 0 Å². The highest BCUT2D eigenvalue weighted by molar-refractivity contribution is 7.85. The fourth-order valence-electron chi connectivity index (χ4n) is 2.90. The van der Waals surface area contributed by atoms with Gasteiger partial charge in [0.15, 0.2) is 11.5 Å². The minimum absolute atomic E-state index is 0.0487. The van der Waals surface area contributed by atoms with Crippen LogP contribution in [0.1, 0.15) is 12.6 Å². The van der Waals surface area contributed by atoms with Crippen LogP contribution in [0.2, 0.25) is 0 Å². The molecular formula is C13H19N6O10PS. The second-order valence-electron chi connectivity index (χ2n) is 6.60. The van der Waals surface area contributed by atoms with Gasteiger partial charge in [-0.25, -0.2) is 24.6 Å². The summed E-state index contributed by atoms with van der Waals surface area (Å²) >= 11 is 0. The molecule has 16 nitrogen and oxygen atoms in total. The summed E-state index contributed by atoms with van der Waals surface area (Å²) in [4.78, 5) is 32.8. The fourth-order valence-corrected chi connectivity index (χ4v) is 4.69. The molecule has 0 bridgehead atoms. The number of nitrogens with one attached hydrogen (secondary N) is 1. The van der Waals surface area contributed by atoms with Crippen LogP contribution in [0.15, 0.2) is 12.7 Å². The molecule has 0 saturated carbocycles. The van der Waals surface area contributed by atoms with E-state index >= 15 is 0 Å². The summed E-state index contributed by atoms with van der Waals surface area (Å²) in [5, 5.41) is 20.8. The molecule has 0 radical (unpaired) electrons. The summed E-state index contributed by atoms with van der Waals surface area (Å²) in [5.41, 5.74) is 6.38. The molecule has 1 aliphatic rings. The summed E-state index contributed by atoms with van der Waals surface area (Å²) in [7, 11) is -9.60. The molecule has 1 aliphatic heterocycles. The Kier molecular flexibility index (Phi) is 6.59. The number of nitrogens with two attached hydrogens (primary N) is 1. The Labute approximate surface area is 174 Å². The number of anilines is 1. The molecule has 1 unspecified atom stereocenters. The van der Waals surface area contributed by atoms with Gasteiger partial charge >= 0.3 is 13.7 Å². The number of fused-ring (bicyclic) bond motifs is 1. The minimum Gasteiger partial charge on any atom is -0.480 e. The highest BCUT2D eigenvalue weighted by Gasteiger charge is 2.39. The first-order valence-electron chi connectivity index (χ1n) is 8.56. The molecule has 172 valence electrons. The SMILES string of the molecule is Nc1ncnc2c1ncn2[C@H]1C[C@H](O)[C@@H](COP(=O)(O)N[C@@H](CS(=O)(=O)O)C(=O)O)O1. The van der Waals surface area contributed by atoms with Crippen molar-refractivity contribution in [3.8, 4) is 0 Å². The van der Waals surface area contributed by atoms with Crippen molar-refractivity contribution in [3.63, 3.8) is 0 Å². The molecular weight excluding hydrogens is 463 g/mol. The van der Waals surface area contributed by atoms with Gasteiger partial charge in [0.1, 0.15) is 36.0 Å². The van der Waals surface area contributed by atoms with E-state index in [-0.39, 0.29) is 12.2 Å². The normalized spacial score (nSPS) is 24.8. The third kappa shape index (κ3) is 5.72. The molecule has 1 saturated heterocycles. The van der Waals surface area contributed by atoms with Crippen LogP contribution in [0.25, 0.3) is 11.2 Å². The summed E-state index contributed by atoms with van der Waals surface area (Å²) in [6.45, 7) is -0.638. The maximum atomic E-state index is 12.1. The molecule has 2 aromatic heterocycles. The second-order valence-corrected chi connectivity index (χ2v) is 9.65. The lowest BCUT2D eigenvalue weighted by molar-refractivity contribution is -0.138. The van der Waals surface area contributed by atoms with E-state index in [2.05, 4.69) is 15.0 Å². The Balaban J connectivity index is 1.64. The van der Waals surface area contributed by atoms with E-state index in [4.69, 9.17) is 24.7 Å². The Bertz CT molecular complexity index is 1130. The monoisotopic (exact) mass is 482 g/mol. The van der Waals surface area contributed by atoms with Crippen LogP contribution in [0.5, 0.6) is 0 Å². The van der Waals surface area contributed by atoms with Crippen LogP contribution in [0, 0.1) is 0 Å². The Morgan fingerprint density at radius 2 is 2.16 bits per heavy atom. The van der Waals surface area contributed by atoms with E-state index in [0.717, 1.165) is 0 Å². The molecule has 0 aliphatic carbocycles. The molecule has 5 atom stereocenters. The van der Waals surface area contributed by atoms with Gasteiger partial charge in [-0.1, -0.05) is 0 Å². The van der Waals surface area contributed by atoms with Gasteiger partial charge < -0.3 is 25.6 Å². The number of aliphatic hydroxyl groups is 1. The highest BCUT2D eigenvalue weighted by Crippen LogP contribution is 2.40. The molecule has 7 N–H and O–H groups in total. The maximum Gasteiger partial charge on any atom is 0.403 e. The smallest absolute Gasteiger partial charge is 0.403 e. The number of hydrogen-bond acceptors (Lipinski definition) is 11. The first-order valence-corrected chi connectivity index (χ1v) is 11.7. The van der Waals surface area contributed by atoms with Crippen LogP contribution in [-0.4, -0.2) is 84.2 Å². The van der Waals surface area contributed by atoms with Gasteiger partial charge in [-0.15, -0.1) is 0 Å². The zero-order chi connectivity index (χ0) is 23.0. The standard InChI is InChI=1S/C13H19N6O10PS/c14-11-10-12(16-4-15-11)19(5-17-10)9-1-7(20)8(29-9)2-28-30(23,24)18-6(13(21)22)3-31(25,26)27/h4-9,20H,1-3H2,(H,21,22)(H2,14,15,16)(H2,18,23,24)(H,25,26,27)/t6-,7-,8+,9+/m0/s1. The van der Waals surface area contributed by atoms with Crippen molar-refractivity contribution < 1.29 is 46.7 Å². The zero-order valence-electron chi connectivity index (χ0n) is 15.5. The molecule has 0 spiro atoms. The molecule has 0 aromatic carbocycles. The van der Waals surface area contributed by atoms with Crippen LogP contribution in [0.3, 0.4) is 0 Å². The lowest BCUT2D eigenvalue weighted by Crippen LogP contribution is -2.41. The minimum atomic E-state index is -4.85. The topological polar surface area (TPSA) is 249 Å². The first-order chi connectivity index (χ1) is 14.4. The average molecular weight is 482 g/mol. The zero-order valence-corrected chi connectivity index (χ0v) is 17.3. The lowest BCUT2D eigenvalue weighted by atomic mass is 10.2. The number of carbonyl (C=O) groups is 1. The van der Waals surface area contributed by atoms with Crippen molar-refractivity contribution in [1.82, 2.24) is 24.6 Å². The Morgan fingerprint density at radius 1 is 1.45 bits per heavy atom.